The summed E-state index contributed by atoms with van der Waals surface area (Å²) in [6, 6.07) is 15.9. The fourth-order valence-electron chi connectivity index (χ4n) is 2.59. The van der Waals surface area contributed by atoms with Crippen molar-refractivity contribution < 1.29 is 23.6 Å². The molecule has 7 nitrogen and oxygen atoms in total. The van der Waals surface area contributed by atoms with Gasteiger partial charge in [-0.2, -0.15) is 0 Å². The van der Waals surface area contributed by atoms with Crippen molar-refractivity contribution in [1.82, 2.24) is 5.32 Å². The lowest BCUT2D eigenvalue weighted by atomic mass is 10.1. The summed E-state index contributed by atoms with van der Waals surface area (Å²) in [5.41, 5.74) is 1.95. The largest absolute Gasteiger partial charge is 0.465 e. The molecule has 3 aromatic rings. The van der Waals surface area contributed by atoms with Gasteiger partial charge in [-0.1, -0.05) is 35.5 Å². The highest BCUT2D eigenvalue weighted by Gasteiger charge is 2.14. The van der Waals surface area contributed by atoms with Gasteiger partial charge in [-0.15, -0.1) is 0 Å². The Balaban J connectivity index is 1.47. The molecule has 1 unspecified atom stereocenters. The fourth-order valence-corrected chi connectivity index (χ4v) is 2.59. The molecule has 0 aliphatic heterocycles. The number of hydrogen-bond donors (Lipinski definition) is 1. The third kappa shape index (κ3) is 4.76. The van der Waals surface area contributed by atoms with Crippen LogP contribution in [0.1, 0.15) is 34.6 Å². The molecule has 3 rings (SSSR count). The number of benzene rings is 2. The number of esters is 1. The number of nitrogens with zero attached hydrogens (tertiary/aromatic N) is 1. The van der Waals surface area contributed by atoms with Crippen molar-refractivity contribution in [1.29, 1.82) is 0 Å². The molecule has 1 heterocycles. The second-order valence-electron chi connectivity index (χ2n) is 6.10. The smallest absolute Gasteiger partial charge is 0.337 e. The number of para-hydroxylation sites is 1. The summed E-state index contributed by atoms with van der Waals surface area (Å²) in [5, 5.41) is 7.55. The van der Waals surface area contributed by atoms with Crippen molar-refractivity contribution in [2.24, 2.45) is 5.16 Å². The molecule has 0 radical (unpaired) electrons. The topological polar surface area (TPSA) is 90.1 Å². The van der Waals surface area contributed by atoms with Crippen molar-refractivity contribution in [2.45, 2.75) is 13.0 Å². The van der Waals surface area contributed by atoms with Gasteiger partial charge in [0.1, 0.15) is 11.3 Å². The summed E-state index contributed by atoms with van der Waals surface area (Å²) in [6.45, 7) is 1.61. The normalized spacial score (nSPS) is 12.1. The van der Waals surface area contributed by atoms with Crippen LogP contribution in [0.2, 0.25) is 0 Å². The maximum absolute atomic E-state index is 12.0. The van der Waals surface area contributed by atoms with Crippen molar-refractivity contribution in [3.63, 3.8) is 0 Å². The van der Waals surface area contributed by atoms with E-state index in [1.165, 1.54) is 13.3 Å². The molecule has 0 fully saturated rings. The van der Waals surface area contributed by atoms with E-state index in [1.807, 2.05) is 37.3 Å². The van der Waals surface area contributed by atoms with E-state index in [2.05, 4.69) is 15.2 Å². The van der Waals surface area contributed by atoms with Crippen LogP contribution in [0.4, 0.5) is 0 Å². The Labute approximate surface area is 161 Å². The Bertz CT molecular complexity index is 958. The van der Waals surface area contributed by atoms with E-state index in [9.17, 15) is 9.59 Å². The van der Waals surface area contributed by atoms with Crippen molar-refractivity contribution in [3.05, 3.63) is 71.5 Å². The monoisotopic (exact) mass is 380 g/mol. The number of carbonyl (C=O) groups excluding carboxylic acids is 2. The minimum absolute atomic E-state index is 0.221. The molecule has 1 atom stereocenters. The Hall–Kier alpha value is -3.61. The summed E-state index contributed by atoms with van der Waals surface area (Å²) in [7, 11) is 1.33. The Kier molecular flexibility index (Phi) is 6.06. The van der Waals surface area contributed by atoms with Crippen LogP contribution in [-0.2, 0) is 14.4 Å². The molecule has 1 amide bonds. The maximum atomic E-state index is 12.0. The van der Waals surface area contributed by atoms with Crippen LogP contribution in [0.5, 0.6) is 0 Å². The summed E-state index contributed by atoms with van der Waals surface area (Å²) >= 11 is 0. The van der Waals surface area contributed by atoms with Gasteiger partial charge in [-0.3, -0.25) is 4.79 Å². The molecule has 0 saturated carbocycles. The highest BCUT2D eigenvalue weighted by Crippen LogP contribution is 2.23. The first-order valence-electron chi connectivity index (χ1n) is 8.68. The molecule has 0 aliphatic carbocycles. The SMILES string of the molecule is COC(=O)c1ccc(/C=N/OCC(=O)NC(C)c2cc3ccccc3o2)cc1. The van der Waals surface area contributed by atoms with Crippen LogP contribution in [0.25, 0.3) is 11.0 Å². The van der Waals surface area contributed by atoms with Gasteiger partial charge >= 0.3 is 5.97 Å². The van der Waals surface area contributed by atoms with Gasteiger partial charge in [0.25, 0.3) is 5.91 Å². The first-order chi connectivity index (χ1) is 13.6. The van der Waals surface area contributed by atoms with Crippen LogP contribution in [0.3, 0.4) is 0 Å². The lowest BCUT2D eigenvalue weighted by Gasteiger charge is -2.10. The van der Waals surface area contributed by atoms with Crippen LogP contribution < -0.4 is 5.32 Å². The Morgan fingerprint density at radius 1 is 1.18 bits per heavy atom. The number of nitrogens with one attached hydrogen (secondary N) is 1. The molecule has 28 heavy (non-hydrogen) atoms. The molecule has 1 aromatic heterocycles. The number of furan rings is 1. The molecular weight excluding hydrogens is 360 g/mol. The number of amides is 1. The molecule has 0 saturated heterocycles. The van der Waals surface area contributed by atoms with E-state index in [4.69, 9.17) is 9.25 Å². The van der Waals surface area contributed by atoms with Crippen LogP contribution in [-0.4, -0.2) is 31.8 Å². The van der Waals surface area contributed by atoms with E-state index < -0.39 is 5.97 Å². The number of methoxy groups -OCH3 is 1. The zero-order valence-corrected chi connectivity index (χ0v) is 15.5. The van der Waals surface area contributed by atoms with Gasteiger partial charge in [-0.05, 0) is 36.8 Å². The zero-order valence-electron chi connectivity index (χ0n) is 15.5. The first-order valence-corrected chi connectivity index (χ1v) is 8.68. The van der Waals surface area contributed by atoms with Gasteiger partial charge in [0, 0.05) is 5.39 Å². The average Bonchev–Trinajstić information content (AvgIpc) is 3.15. The van der Waals surface area contributed by atoms with Crippen LogP contribution in [0.15, 0.2) is 64.2 Å². The summed E-state index contributed by atoms with van der Waals surface area (Å²) in [6.07, 6.45) is 1.46. The number of fused-ring (bicyclic) bond motifs is 1. The van der Waals surface area contributed by atoms with E-state index >= 15 is 0 Å². The summed E-state index contributed by atoms with van der Waals surface area (Å²) in [4.78, 5) is 28.4. The molecular formula is C21H20N2O5. The lowest BCUT2D eigenvalue weighted by molar-refractivity contribution is -0.126. The number of carbonyl (C=O) groups is 2. The lowest BCUT2D eigenvalue weighted by Crippen LogP contribution is -2.29. The predicted molar refractivity (Wildman–Crippen MR) is 104 cm³/mol. The van der Waals surface area contributed by atoms with E-state index in [1.54, 1.807) is 24.3 Å². The molecule has 144 valence electrons. The second kappa shape index (κ2) is 8.85. The van der Waals surface area contributed by atoms with Gasteiger partial charge in [-0.25, -0.2) is 4.79 Å². The molecule has 0 spiro atoms. The Morgan fingerprint density at radius 2 is 1.93 bits per heavy atom. The van der Waals surface area contributed by atoms with Gasteiger partial charge in [0.15, 0.2) is 6.61 Å². The van der Waals surface area contributed by atoms with Gasteiger partial charge in [0.2, 0.25) is 0 Å². The number of ether oxygens (including phenoxy) is 1. The standard InChI is InChI=1S/C21H20N2O5/c1-14(19-11-17-5-3-4-6-18(17)28-19)23-20(24)13-27-22-12-15-7-9-16(10-8-15)21(25)26-2/h3-12,14H,13H2,1-2H3,(H,23,24)/b22-12+. The van der Waals surface area contributed by atoms with Crippen molar-refractivity contribution >= 4 is 29.1 Å². The molecule has 2 aromatic carbocycles. The molecule has 0 aliphatic rings. The molecule has 7 heteroatoms. The minimum Gasteiger partial charge on any atom is -0.465 e. The zero-order chi connectivity index (χ0) is 19.9. The number of rotatable bonds is 7. The summed E-state index contributed by atoms with van der Waals surface area (Å²) in [5.74, 6) is -0.0510. The number of oxime groups is 1. The highest BCUT2D eigenvalue weighted by atomic mass is 16.6. The van der Waals surface area contributed by atoms with E-state index in [0.717, 1.165) is 16.5 Å². The maximum Gasteiger partial charge on any atom is 0.337 e. The summed E-state index contributed by atoms with van der Waals surface area (Å²) < 4.78 is 10.4. The fraction of sp³-hybridized carbons (Fsp3) is 0.190. The molecule has 0 bridgehead atoms. The Morgan fingerprint density at radius 3 is 2.64 bits per heavy atom. The van der Waals surface area contributed by atoms with E-state index in [0.29, 0.717) is 11.3 Å². The minimum atomic E-state index is -0.407. The predicted octanol–water partition coefficient (Wildman–Crippen LogP) is 3.45. The van der Waals surface area contributed by atoms with Gasteiger partial charge in [0.05, 0.1) is 24.9 Å². The third-order valence-corrected chi connectivity index (χ3v) is 4.05. The quantitative estimate of drug-likeness (QED) is 0.385. The molecule has 1 N–H and O–H groups in total. The third-order valence-electron chi connectivity index (χ3n) is 4.05. The van der Waals surface area contributed by atoms with Crippen molar-refractivity contribution in [2.75, 3.05) is 13.7 Å². The first kappa shape index (κ1) is 19.2. The van der Waals surface area contributed by atoms with E-state index in [-0.39, 0.29) is 18.6 Å². The van der Waals surface area contributed by atoms with Crippen molar-refractivity contribution in [3.8, 4) is 0 Å². The number of hydrogen-bond acceptors (Lipinski definition) is 6. The highest BCUT2D eigenvalue weighted by molar-refractivity contribution is 5.90. The van der Waals surface area contributed by atoms with Crippen LogP contribution >= 0.6 is 0 Å². The average molecular weight is 380 g/mol. The van der Waals surface area contributed by atoms with Crippen LogP contribution in [0, 0.1) is 0 Å². The van der Waals surface area contributed by atoms with Gasteiger partial charge < -0.3 is 19.3 Å². The second-order valence-corrected chi connectivity index (χ2v) is 6.10.